The van der Waals surface area contributed by atoms with Gasteiger partial charge in [0, 0.05) is 11.7 Å². The molecule has 0 atom stereocenters. The largest absolute Gasteiger partial charge is 0.459 e. The summed E-state index contributed by atoms with van der Waals surface area (Å²) < 4.78 is 31.6. The molecule has 1 aromatic carbocycles. The van der Waals surface area contributed by atoms with Gasteiger partial charge in [-0.25, -0.2) is 13.1 Å². The second kappa shape index (κ2) is 5.34. The van der Waals surface area contributed by atoms with Crippen molar-refractivity contribution in [2.45, 2.75) is 23.8 Å². The van der Waals surface area contributed by atoms with Crippen LogP contribution in [0, 0.1) is 0 Å². The molecule has 6 nitrogen and oxygen atoms in total. The van der Waals surface area contributed by atoms with Gasteiger partial charge in [0.2, 0.25) is 10.0 Å². The van der Waals surface area contributed by atoms with Crippen LogP contribution in [-0.2, 0) is 10.0 Å². The number of anilines is 1. The highest BCUT2D eigenvalue weighted by Crippen LogP contribution is 2.22. The minimum atomic E-state index is -3.47. The van der Waals surface area contributed by atoms with Crippen LogP contribution in [0.25, 0.3) is 0 Å². The van der Waals surface area contributed by atoms with Crippen molar-refractivity contribution in [2.75, 3.05) is 5.32 Å². The third kappa shape index (κ3) is 3.32. The van der Waals surface area contributed by atoms with Gasteiger partial charge in [-0.1, -0.05) is 0 Å². The number of sulfonamides is 1. The maximum absolute atomic E-state index is 12.0. The average Bonchev–Trinajstić information content (AvgIpc) is 3.08. The Hall–Kier alpha value is -2.12. The zero-order valence-electron chi connectivity index (χ0n) is 11.1. The first kappa shape index (κ1) is 13.8. The molecule has 0 unspecified atom stereocenters. The predicted molar refractivity (Wildman–Crippen MR) is 76.4 cm³/mol. The first-order valence-corrected chi connectivity index (χ1v) is 8.00. The van der Waals surface area contributed by atoms with E-state index in [1.54, 1.807) is 24.3 Å². The Kier molecular flexibility index (Phi) is 3.52. The van der Waals surface area contributed by atoms with Crippen LogP contribution in [-0.4, -0.2) is 20.4 Å². The Bertz CT molecular complexity index is 732. The molecule has 110 valence electrons. The molecule has 0 spiro atoms. The molecule has 7 heteroatoms. The van der Waals surface area contributed by atoms with Gasteiger partial charge in [0.15, 0.2) is 5.76 Å². The predicted octanol–water partition coefficient (Wildman–Crippen LogP) is 1.97. The summed E-state index contributed by atoms with van der Waals surface area (Å²) in [5, 5.41) is 2.63. The highest BCUT2D eigenvalue weighted by Gasteiger charge is 2.27. The fourth-order valence-corrected chi connectivity index (χ4v) is 3.11. The first-order chi connectivity index (χ1) is 10.0. The molecular weight excluding hydrogens is 292 g/mol. The number of furan rings is 1. The topological polar surface area (TPSA) is 88.4 Å². The van der Waals surface area contributed by atoms with Gasteiger partial charge in [-0.15, -0.1) is 0 Å². The van der Waals surface area contributed by atoms with Crippen molar-refractivity contribution in [2.24, 2.45) is 0 Å². The highest BCUT2D eigenvalue weighted by atomic mass is 32.2. The molecule has 1 heterocycles. The fourth-order valence-electron chi connectivity index (χ4n) is 1.81. The number of benzene rings is 1. The number of amides is 1. The lowest BCUT2D eigenvalue weighted by Gasteiger charge is -2.07. The molecule has 2 aromatic rings. The van der Waals surface area contributed by atoms with Crippen molar-refractivity contribution in [1.82, 2.24) is 4.72 Å². The van der Waals surface area contributed by atoms with Crippen LogP contribution in [0.5, 0.6) is 0 Å². The summed E-state index contributed by atoms with van der Waals surface area (Å²) in [6.45, 7) is 0. The van der Waals surface area contributed by atoms with E-state index in [1.807, 2.05) is 0 Å². The van der Waals surface area contributed by atoms with Crippen LogP contribution in [0.4, 0.5) is 5.69 Å². The van der Waals surface area contributed by atoms with Gasteiger partial charge in [-0.3, -0.25) is 4.79 Å². The number of hydrogen-bond donors (Lipinski definition) is 2. The lowest BCUT2D eigenvalue weighted by Crippen LogP contribution is -2.25. The Morgan fingerprint density at radius 1 is 1.14 bits per heavy atom. The first-order valence-electron chi connectivity index (χ1n) is 6.52. The molecule has 3 rings (SSSR count). The monoisotopic (exact) mass is 306 g/mol. The second-order valence-electron chi connectivity index (χ2n) is 4.85. The zero-order chi connectivity index (χ0) is 14.9. The SMILES string of the molecule is O=C(Nc1ccc(S(=O)(=O)NC2CC2)cc1)c1ccco1. The minimum Gasteiger partial charge on any atom is -0.459 e. The number of nitrogens with one attached hydrogen (secondary N) is 2. The van der Waals surface area contributed by atoms with E-state index in [0.29, 0.717) is 5.69 Å². The molecule has 0 saturated heterocycles. The lowest BCUT2D eigenvalue weighted by atomic mass is 10.3. The molecule has 21 heavy (non-hydrogen) atoms. The van der Waals surface area contributed by atoms with Crippen LogP contribution >= 0.6 is 0 Å². The van der Waals surface area contributed by atoms with Gasteiger partial charge in [-0.05, 0) is 49.2 Å². The van der Waals surface area contributed by atoms with Gasteiger partial charge in [0.05, 0.1) is 11.2 Å². The molecule has 0 bridgehead atoms. The molecule has 2 N–H and O–H groups in total. The van der Waals surface area contributed by atoms with Gasteiger partial charge in [0.1, 0.15) is 0 Å². The van der Waals surface area contributed by atoms with E-state index in [0.717, 1.165) is 12.8 Å². The van der Waals surface area contributed by atoms with Crippen LogP contribution in [0.2, 0.25) is 0 Å². The van der Waals surface area contributed by atoms with Crippen LogP contribution in [0.3, 0.4) is 0 Å². The molecule has 1 saturated carbocycles. The normalized spacial score (nSPS) is 14.9. The summed E-state index contributed by atoms with van der Waals surface area (Å²) in [5.74, 6) is -0.186. The van der Waals surface area contributed by atoms with Crippen molar-refractivity contribution in [3.63, 3.8) is 0 Å². The smallest absolute Gasteiger partial charge is 0.291 e. The average molecular weight is 306 g/mol. The van der Waals surface area contributed by atoms with Crippen LogP contribution < -0.4 is 10.0 Å². The van der Waals surface area contributed by atoms with Gasteiger partial charge in [0.25, 0.3) is 5.91 Å². The maximum atomic E-state index is 12.0. The molecule has 1 aliphatic rings. The lowest BCUT2D eigenvalue weighted by molar-refractivity contribution is 0.0996. The third-order valence-corrected chi connectivity index (χ3v) is 4.60. The zero-order valence-corrected chi connectivity index (χ0v) is 11.9. The van der Waals surface area contributed by atoms with Crippen LogP contribution in [0.1, 0.15) is 23.4 Å². The Balaban J connectivity index is 1.70. The molecule has 0 radical (unpaired) electrons. The van der Waals surface area contributed by atoms with Crippen LogP contribution in [0.15, 0.2) is 52.0 Å². The maximum Gasteiger partial charge on any atom is 0.291 e. The Morgan fingerprint density at radius 3 is 2.43 bits per heavy atom. The molecule has 1 amide bonds. The number of carbonyl (C=O) groups excluding carboxylic acids is 1. The summed E-state index contributed by atoms with van der Waals surface area (Å²) in [6.07, 6.45) is 3.18. The number of hydrogen-bond acceptors (Lipinski definition) is 4. The van der Waals surface area contributed by atoms with Gasteiger partial charge >= 0.3 is 0 Å². The van der Waals surface area contributed by atoms with Crippen molar-refractivity contribution < 1.29 is 17.6 Å². The van der Waals surface area contributed by atoms with Crippen molar-refractivity contribution in [1.29, 1.82) is 0 Å². The number of carbonyl (C=O) groups is 1. The Morgan fingerprint density at radius 2 is 1.86 bits per heavy atom. The summed E-state index contributed by atoms with van der Waals surface area (Å²) in [4.78, 5) is 12.0. The van der Waals surface area contributed by atoms with E-state index in [9.17, 15) is 13.2 Å². The van der Waals surface area contributed by atoms with Crippen molar-refractivity contribution in [3.05, 3.63) is 48.4 Å². The quantitative estimate of drug-likeness (QED) is 0.884. The van der Waals surface area contributed by atoms with E-state index < -0.39 is 10.0 Å². The molecular formula is C14H14N2O4S. The standard InChI is InChI=1S/C14H14N2O4S/c17-14(13-2-1-9-20-13)15-10-5-7-12(8-6-10)21(18,19)16-11-3-4-11/h1-2,5-9,11,16H,3-4H2,(H,15,17). The van der Waals surface area contributed by atoms with E-state index in [1.165, 1.54) is 18.4 Å². The molecule has 0 aliphatic heterocycles. The van der Waals surface area contributed by atoms with Gasteiger partial charge in [-0.2, -0.15) is 0 Å². The van der Waals surface area contributed by atoms with Crippen molar-refractivity contribution in [3.8, 4) is 0 Å². The summed E-state index contributed by atoms with van der Waals surface area (Å²) in [6, 6.07) is 9.24. The van der Waals surface area contributed by atoms with E-state index >= 15 is 0 Å². The van der Waals surface area contributed by atoms with Gasteiger partial charge < -0.3 is 9.73 Å². The molecule has 1 fully saturated rings. The summed E-state index contributed by atoms with van der Waals surface area (Å²) in [5.41, 5.74) is 0.502. The minimum absolute atomic E-state index is 0.0633. The van der Waals surface area contributed by atoms with E-state index in [4.69, 9.17) is 4.42 Å². The summed E-state index contributed by atoms with van der Waals surface area (Å²) >= 11 is 0. The van der Waals surface area contributed by atoms with Crippen molar-refractivity contribution >= 4 is 21.6 Å². The fraction of sp³-hybridized carbons (Fsp3) is 0.214. The number of rotatable bonds is 5. The second-order valence-corrected chi connectivity index (χ2v) is 6.57. The summed E-state index contributed by atoms with van der Waals surface area (Å²) in [7, 11) is -3.47. The molecule has 1 aliphatic carbocycles. The van der Waals surface area contributed by atoms with E-state index in [-0.39, 0.29) is 22.6 Å². The van der Waals surface area contributed by atoms with E-state index in [2.05, 4.69) is 10.0 Å². The highest BCUT2D eigenvalue weighted by molar-refractivity contribution is 7.89. The third-order valence-electron chi connectivity index (χ3n) is 3.07. The Labute approximate surface area is 122 Å². The molecule has 1 aromatic heterocycles.